The normalized spacial score (nSPS) is 18.4. The smallest absolute Gasteiger partial charge is 0.129 e. The van der Waals surface area contributed by atoms with Gasteiger partial charge in [-0.3, -0.25) is 0 Å². The lowest BCUT2D eigenvalue weighted by molar-refractivity contribution is 0.571. The molecule has 0 radical (unpaired) electrons. The van der Waals surface area contributed by atoms with Crippen LogP contribution in [0.3, 0.4) is 0 Å². The van der Waals surface area contributed by atoms with Gasteiger partial charge < -0.3 is 5.73 Å². The second kappa shape index (κ2) is 4.98. The van der Waals surface area contributed by atoms with Crippen molar-refractivity contribution in [1.29, 1.82) is 0 Å². The van der Waals surface area contributed by atoms with Crippen LogP contribution in [0.1, 0.15) is 40.0 Å². The molecule has 1 heterocycles. The number of nitrogens with two attached hydrogens (primary N) is 1. The SMILES string of the molecule is NC1CCCc2nc(Cc3ccc(F)cc3F)sc21. The summed E-state index contributed by atoms with van der Waals surface area (Å²) in [5.74, 6) is -1.07. The Morgan fingerprint density at radius 2 is 2.21 bits per heavy atom. The van der Waals surface area contributed by atoms with E-state index in [0.29, 0.717) is 12.0 Å². The molecule has 0 saturated heterocycles. The van der Waals surface area contributed by atoms with Crippen molar-refractivity contribution in [3.63, 3.8) is 0 Å². The fourth-order valence-corrected chi connectivity index (χ4v) is 3.58. The maximum absolute atomic E-state index is 13.6. The van der Waals surface area contributed by atoms with E-state index < -0.39 is 11.6 Å². The molecule has 5 heteroatoms. The Balaban J connectivity index is 1.87. The molecule has 3 rings (SSSR count). The summed E-state index contributed by atoms with van der Waals surface area (Å²) in [6.07, 6.45) is 3.39. The Bertz CT molecular complexity index is 609. The van der Waals surface area contributed by atoms with Crippen LogP contribution in [0.4, 0.5) is 8.78 Å². The predicted octanol–water partition coefficient (Wildman–Crippen LogP) is 3.35. The number of halogens is 2. The Kier molecular flexibility index (Phi) is 3.33. The van der Waals surface area contributed by atoms with Gasteiger partial charge in [0.2, 0.25) is 0 Å². The predicted molar refractivity (Wildman–Crippen MR) is 71.1 cm³/mol. The molecule has 2 aromatic rings. The van der Waals surface area contributed by atoms with Crippen molar-refractivity contribution in [3.05, 3.63) is 51.0 Å². The number of nitrogens with zero attached hydrogens (tertiary/aromatic N) is 1. The highest BCUT2D eigenvalue weighted by Crippen LogP contribution is 2.33. The fourth-order valence-electron chi connectivity index (χ4n) is 2.41. The maximum Gasteiger partial charge on any atom is 0.129 e. The van der Waals surface area contributed by atoms with E-state index >= 15 is 0 Å². The fraction of sp³-hybridized carbons (Fsp3) is 0.357. The number of hydrogen-bond acceptors (Lipinski definition) is 3. The first-order valence-electron chi connectivity index (χ1n) is 6.31. The van der Waals surface area contributed by atoms with Gasteiger partial charge in [-0.25, -0.2) is 13.8 Å². The van der Waals surface area contributed by atoms with Crippen LogP contribution in [-0.4, -0.2) is 4.98 Å². The zero-order valence-corrected chi connectivity index (χ0v) is 11.1. The average molecular weight is 280 g/mol. The molecular weight excluding hydrogens is 266 g/mol. The summed E-state index contributed by atoms with van der Waals surface area (Å²) >= 11 is 1.55. The molecule has 1 unspecified atom stereocenters. The molecule has 0 amide bonds. The van der Waals surface area contributed by atoms with Crippen molar-refractivity contribution in [3.8, 4) is 0 Å². The lowest BCUT2D eigenvalue weighted by atomic mass is 9.99. The highest BCUT2D eigenvalue weighted by atomic mass is 32.1. The van der Waals surface area contributed by atoms with Crippen molar-refractivity contribution < 1.29 is 8.78 Å². The van der Waals surface area contributed by atoms with Crippen LogP contribution in [0.25, 0.3) is 0 Å². The van der Waals surface area contributed by atoms with Crippen LogP contribution < -0.4 is 5.73 Å². The highest BCUT2D eigenvalue weighted by molar-refractivity contribution is 7.11. The van der Waals surface area contributed by atoms with Gasteiger partial charge in [0.15, 0.2) is 0 Å². The summed E-state index contributed by atoms with van der Waals surface area (Å²) in [6.45, 7) is 0. The van der Waals surface area contributed by atoms with Gasteiger partial charge in [-0.1, -0.05) is 6.07 Å². The topological polar surface area (TPSA) is 38.9 Å². The van der Waals surface area contributed by atoms with Crippen molar-refractivity contribution in [2.45, 2.75) is 31.7 Å². The van der Waals surface area contributed by atoms with Crippen LogP contribution in [0.2, 0.25) is 0 Å². The first-order chi connectivity index (χ1) is 9.13. The Hall–Kier alpha value is -1.33. The molecule has 0 spiro atoms. The quantitative estimate of drug-likeness (QED) is 0.916. The third kappa shape index (κ3) is 2.53. The van der Waals surface area contributed by atoms with E-state index in [4.69, 9.17) is 5.73 Å². The minimum Gasteiger partial charge on any atom is -0.323 e. The van der Waals surface area contributed by atoms with Crippen LogP contribution in [0, 0.1) is 11.6 Å². The van der Waals surface area contributed by atoms with E-state index in [1.54, 1.807) is 11.3 Å². The lowest BCUT2D eigenvalue weighted by Gasteiger charge is -2.15. The molecule has 100 valence electrons. The standard InChI is InChI=1S/C14H14F2N2S/c15-9-5-4-8(10(16)7-9)6-13-18-12-3-1-2-11(17)14(12)19-13/h4-5,7,11H,1-3,6,17H2. The summed E-state index contributed by atoms with van der Waals surface area (Å²) in [4.78, 5) is 5.67. The molecule has 1 atom stereocenters. The first kappa shape index (κ1) is 12.7. The molecule has 1 aliphatic carbocycles. The van der Waals surface area contributed by atoms with Gasteiger partial charge >= 0.3 is 0 Å². The van der Waals surface area contributed by atoms with E-state index in [-0.39, 0.29) is 6.04 Å². The van der Waals surface area contributed by atoms with Crippen LogP contribution >= 0.6 is 11.3 Å². The minimum atomic E-state index is -0.554. The summed E-state index contributed by atoms with van der Waals surface area (Å²) in [7, 11) is 0. The third-order valence-corrected chi connectivity index (χ3v) is 4.62. The minimum absolute atomic E-state index is 0.0630. The van der Waals surface area contributed by atoms with Gasteiger partial charge in [0.05, 0.1) is 10.7 Å². The Morgan fingerprint density at radius 1 is 1.37 bits per heavy atom. The number of rotatable bonds is 2. The van der Waals surface area contributed by atoms with E-state index in [2.05, 4.69) is 4.98 Å². The molecule has 1 aliphatic rings. The molecule has 0 saturated carbocycles. The van der Waals surface area contributed by atoms with Gasteiger partial charge in [0, 0.05) is 23.4 Å². The molecule has 2 nitrogen and oxygen atoms in total. The first-order valence-corrected chi connectivity index (χ1v) is 7.13. The molecule has 1 aromatic heterocycles. The Labute approximate surface area is 114 Å². The number of benzene rings is 1. The summed E-state index contributed by atoms with van der Waals surface area (Å²) < 4.78 is 26.5. The molecule has 0 bridgehead atoms. The van der Waals surface area contributed by atoms with Crippen LogP contribution in [0.15, 0.2) is 18.2 Å². The van der Waals surface area contributed by atoms with E-state index in [1.807, 2.05) is 0 Å². The maximum atomic E-state index is 13.6. The van der Waals surface area contributed by atoms with E-state index in [9.17, 15) is 8.78 Å². The molecule has 0 fully saturated rings. The van der Waals surface area contributed by atoms with Crippen molar-refractivity contribution in [1.82, 2.24) is 4.98 Å². The van der Waals surface area contributed by atoms with Crippen LogP contribution in [0.5, 0.6) is 0 Å². The lowest BCUT2D eigenvalue weighted by Crippen LogP contribution is -2.15. The summed E-state index contributed by atoms with van der Waals surface area (Å²) in [5, 5.41) is 0.854. The van der Waals surface area contributed by atoms with Crippen molar-refractivity contribution in [2.75, 3.05) is 0 Å². The summed E-state index contributed by atoms with van der Waals surface area (Å²) in [6, 6.07) is 3.73. The monoisotopic (exact) mass is 280 g/mol. The number of aryl methyl sites for hydroxylation is 1. The van der Waals surface area contributed by atoms with Gasteiger partial charge in [-0.2, -0.15) is 0 Å². The second-order valence-electron chi connectivity index (χ2n) is 4.83. The molecule has 19 heavy (non-hydrogen) atoms. The zero-order chi connectivity index (χ0) is 13.4. The molecule has 2 N–H and O–H groups in total. The van der Waals surface area contributed by atoms with Crippen molar-refractivity contribution >= 4 is 11.3 Å². The number of fused-ring (bicyclic) bond motifs is 1. The van der Waals surface area contributed by atoms with E-state index in [0.717, 1.165) is 40.9 Å². The molecular formula is C14H14F2N2S. The second-order valence-corrected chi connectivity index (χ2v) is 5.94. The number of aromatic nitrogens is 1. The van der Waals surface area contributed by atoms with Gasteiger partial charge in [0.1, 0.15) is 11.6 Å². The largest absolute Gasteiger partial charge is 0.323 e. The number of thiazole rings is 1. The third-order valence-electron chi connectivity index (χ3n) is 3.39. The molecule has 0 aliphatic heterocycles. The summed E-state index contributed by atoms with van der Waals surface area (Å²) in [5.41, 5.74) is 7.58. The van der Waals surface area contributed by atoms with Gasteiger partial charge in [0.25, 0.3) is 0 Å². The zero-order valence-electron chi connectivity index (χ0n) is 10.3. The Morgan fingerprint density at radius 3 is 2.95 bits per heavy atom. The van der Waals surface area contributed by atoms with Gasteiger partial charge in [-0.05, 0) is 30.9 Å². The van der Waals surface area contributed by atoms with Crippen molar-refractivity contribution in [2.24, 2.45) is 5.73 Å². The number of hydrogen-bond donors (Lipinski definition) is 1. The van der Waals surface area contributed by atoms with Gasteiger partial charge in [-0.15, -0.1) is 11.3 Å². The average Bonchev–Trinajstić information content (AvgIpc) is 2.77. The highest BCUT2D eigenvalue weighted by Gasteiger charge is 2.21. The van der Waals surface area contributed by atoms with E-state index in [1.165, 1.54) is 12.1 Å². The molecule has 1 aromatic carbocycles. The van der Waals surface area contributed by atoms with Crippen LogP contribution in [-0.2, 0) is 12.8 Å².